The van der Waals surface area contributed by atoms with Crippen LogP contribution in [-0.4, -0.2) is 17.0 Å². The average Bonchev–Trinajstić information content (AvgIpc) is 3.42. The quantitative estimate of drug-likeness (QED) is 0.546. The van der Waals surface area contributed by atoms with E-state index < -0.39 is 0 Å². The van der Waals surface area contributed by atoms with Crippen molar-refractivity contribution in [2.45, 2.75) is 12.8 Å². The van der Waals surface area contributed by atoms with Crippen LogP contribution >= 0.6 is 27.5 Å². The SMILES string of the molecule is C=C(/C=C(\NC)Nc1nc(Nc2cccc(Cl)c2)ncc1Br)C1CC1. The maximum Gasteiger partial charge on any atom is 0.229 e. The first-order valence-corrected chi connectivity index (χ1v) is 9.12. The lowest BCUT2D eigenvalue weighted by Gasteiger charge is -2.13. The smallest absolute Gasteiger partial charge is 0.229 e. The first-order valence-electron chi connectivity index (χ1n) is 7.95. The number of allylic oxidation sites excluding steroid dienone is 2. The lowest BCUT2D eigenvalue weighted by molar-refractivity contribution is 0.963. The van der Waals surface area contributed by atoms with Crippen molar-refractivity contribution < 1.29 is 0 Å². The van der Waals surface area contributed by atoms with Crippen LogP contribution in [0.25, 0.3) is 0 Å². The van der Waals surface area contributed by atoms with E-state index in [-0.39, 0.29) is 0 Å². The first-order chi connectivity index (χ1) is 12.0. The van der Waals surface area contributed by atoms with Crippen molar-refractivity contribution in [1.82, 2.24) is 15.3 Å². The van der Waals surface area contributed by atoms with Gasteiger partial charge in [-0.2, -0.15) is 4.98 Å². The fraction of sp³-hybridized carbons (Fsp3) is 0.222. The predicted molar refractivity (Wildman–Crippen MR) is 107 cm³/mol. The zero-order valence-corrected chi connectivity index (χ0v) is 16.2. The number of benzene rings is 1. The molecular formula is C18H19BrClN5. The van der Waals surface area contributed by atoms with Crippen molar-refractivity contribution in [3.05, 3.63) is 64.0 Å². The molecule has 1 aliphatic carbocycles. The van der Waals surface area contributed by atoms with Gasteiger partial charge in [0.1, 0.15) is 5.82 Å². The highest BCUT2D eigenvalue weighted by Crippen LogP contribution is 2.36. The largest absolute Gasteiger partial charge is 0.375 e. The van der Waals surface area contributed by atoms with Gasteiger partial charge in [0.05, 0.1) is 4.47 Å². The molecule has 0 atom stereocenters. The molecule has 0 aliphatic heterocycles. The molecule has 0 unspecified atom stereocenters. The van der Waals surface area contributed by atoms with Crippen LogP contribution in [0.2, 0.25) is 5.02 Å². The van der Waals surface area contributed by atoms with E-state index in [2.05, 4.69) is 48.4 Å². The van der Waals surface area contributed by atoms with Gasteiger partial charge in [0.15, 0.2) is 5.82 Å². The van der Waals surface area contributed by atoms with Crippen LogP contribution in [-0.2, 0) is 0 Å². The minimum atomic E-state index is 0.476. The van der Waals surface area contributed by atoms with Crippen molar-refractivity contribution >= 4 is 45.0 Å². The van der Waals surface area contributed by atoms with Crippen LogP contribution in [0.5, 0.6) is 0 Å². The van der Waals surface area contributed by atoms with Gasteiger partial charge in [-0.15, -0.1) is 0 Å². The monoisotopic (exact) mass is 419 g/mol. The highest BCUT2D eigenvalue weighted by atomic mass is 79.9. The summed E-state index contributed by atoms with van der Waals surface area (Å²) in [4.78, 5) is 8.81. The molecule has 1 aromatic carbocycles. The first kappa shape index (κ1) is 17.8. The lowest BCUT2D eigenvalue weighted by Crippen LogP contribution is -2.16. The molecule has 0 bridgehead atoms. The summed E-state index contributed by atoms with van der Waals surface area (Å²) in [6, 6.07) is 7.41. The van der Waals surface area contributed by atoms with E-state index in [4.69, 9.17) is 11.6 Å². The van der Waals surface area contributed by atoms with Crippen LogP contribution in [0.15, 0.2) is 59.0 Å². The Morgan fingerprint density at radius 1 is 1.40 bits per heavy atom. The highest BCUT2D eigenvalue weighted by Gasteiger charge is 2.23. The number of anilines is 3. The van der Waals surface area contributed by atoms with Crippen molar-refractivity contribution in [2.75, 3.05) is 17.7 Å². The molecule has 1 fully saturated rings. The van der Waals surface area contributed by atoms with Crippen molar-refractivity contribution in [3.8, 4) is 0 Å². The average molecular weight is 421 g/mol. The van der Waals surface area contributed by atoms with Gasteiger partial charge in [0, 0.05) is 24.0 Å². The highest BCUT2D eigenvalue weighted by molar-refractivity contribution is 9.10. The molecule has 0 radical (unpaired) electrons. The molecule has 3 N–H and O–H groups in total. The van der Waals surface area contributed by atoms with Crippen molar-refractivity contribution in [2.24, 2.45) is 5.92 Å². The van der Waals surface area contributed by atoms with E-state index >= 15 is 0 Å². The molecule has 0 saturated heterocycles. The number of nitrogens with one attached hydrogen (secondary N) is 3. The number of nitrogens with zero attached hydrogens (tertiary/aromatic N) is 2. The zero-order chi connectivity index (χ0) is 17.8. The summed E-state index contributed by atoms with van der Waals surface area (Å²) in [6.45, 7) is 4.12. The fourth-order valence-corrected chi connectivity index (χ4v) is 2.75. The van der Waals surface area contributed by atoms with Crippen molar-refractivity contribution in [1.29, 1.82) is 0 Å². The van der Waals surface area contributed by atoms with E-state index in [9.17, 15) is 0 Å². The molecule has 130 valence electrons. The lowest BCUT2D eigenvalue weighted by atomic mass is 10.2. The second kappa shape index (κ2) is 7.89. The maximum absolute atomic E-state index is 6.01. The van der Waals surface area contributed by atoms with E-state index in [0.29, 0.717) is 22.7 Å². The van der Waals surface area contributed by atoms with E-state index in [1.807, 2.05) is 37.4 Å². The van der Waals surface area contributed by atoms with Gasteiger partial charge >= 0.3 is 0 Å². The Bertz CT molecular complexity index is 817. The summed E-state index contributed by atoms with van der Waals surface area (Å²) in [5, 5.41) is 10.2. The summed E-state index contributed by atoms with van der Waals surface area (Å²) >= 11 is 9.49. The minimum absolute atomic E-state index is 0.476. The Morgan fingerprint density at radius 3 is 2.88 bits per heavy atom. The van der Waals surface area contributed by atoms with E-state index in [1.54, 1.807) is 6.20 Å². The Hall–Kier alpha value is -2.05. The summed E-state index contributed by atoms with van der Waals surface area (Å²) < 4.78 is 0.766. The molecule has 0 spiro atoms. The topological polar surface area (TPSA) is 61.9 Å². The van der Waals surface area contributed by atoms with Crippen LogP contribution in [0.4, 0.5) is 17.5 Å². The molecule has 3 rings (SSSR count). The Balaban J connectivity index is 1.77. The van der Waals surface area contributed by atoms with Gasteiger partial charge in [0.25, 0.3) is 0 Å². The molecule has 5 nitrogen and oxygen atoms in total. The summed E-state index contributed by atoms with van der Waals surface area (Å²) in [5.74, 6) is 2.58. The number of aromatic nitrogens is 2. The predicted octanol–water partition coefficient (Wildman–Crippen LogP) is 5.08. The molecule has 7 heteroatoms. The molecule has 25 heavy (non-hydrogen) atoms. The third-order valence-corrected chi connectivity index (χ3v) is 4.59. The van der Waals surface area contributed by atoms with E-state index in [1.165, 1.54) is 12.8 Å². The molecule has 1 heterocycles. The van der Waals surface area contributed by atoms with Gasteiger partial charge in [-0.1, -0.05) is 24.2 Å². The molecule has 1 saturated carbocycles. The van der Waals surface area contributed by atoms with Gasteiger partial charge in [-0.05, 0) is 64.5 Å². The summed E-state index contributed by atoms with van der Waals surface area (Å²) in [7, 11) is 1.86. The molecule has 0 amide bonds. The third-order valence-electron chi connectivity index (χ3n) is 3.78. The Morgan fingerprint density at radius 2 is 2.20 bits per heavy atom. The number of halogens is 2. The summed E-state index contributed by atoms with van der Waals surface area (Å²) in [5.41, 5.74) is 1.95. The van der Waals surface area contributed by atoms with E-state index in [0.717, 1.165) is 21.6 Å². The number of hydrogen-bond donors (Lipinski definition) is 3. The second-order valence-corrected chi connectivity index (χ2v) is 7.10. The van der Waals surface area contributed by atoms with Gasteiger partial charge in [0.2, 0.25) is 5.95 Å². The number of rotatable bonds is 7. The van der Waals surface area contributed by atoms with Crippen LogP contribution < -0.4 is 16.0 Å². The number of hydrogen-bond acceptors (Lipinski definition) is 5. The van der Waals surface area contributed by atoms with Gasteiger partial charge in [-0.25, -0.2) is 4.98 Å². The van der Waals surface area contributed by atoms with Gasteiger partial charge in [-0.3, -0.25) is 0 Å². The Labute approximate surface area is 160 Å². The van der Waals surface area contributed by atoms with Gasteiger partial charge < -0.3 is 16.0 Å². The molecule has 1 aliphatic rings. The van der Waals surface area contributed by atoms with Crippen molar-refractivity contribution in [3.63, 3.8) is 0 Å². The second-order valence-electron chi connectivity index (χ2n) is 5.81. The third kappa shape index (κ3) is 4.96. The summed E-state index contributed by atoms with van der Waals surface area (Å²) in [6.07, 6.45) is 6.16. The maximum atomic E-state index is 6.01. The normalized spacial score (nSPS) is 14.1. The zero-order valence-electron chi connectivity index (χ0n) is 13.8. The van der Waals surface area contributed by atoms with Crippen LogP contribution in [0.3, 0.4) is 0 Å². The Kier molecular flexibility index (Phi) is 5.60. The fourth-order valence-electron chi connectivity index (χ4n) is 2.27. The standard InChI is InChI=1S/C18H19BrClN5/c1-11(12-6-7-12)8-16(21-2)24-17-15(19)10-22-18(25-17)23-14-5-3-4-13(20)9-14/h3-5,8-10,12,21H,1,6-7H2,2H3,(H2,22,23,24,25)/b16-8+. The molecular weight excluding hydrogens is 402 g/mol. The molecule has 2 aromatic rings. The minimum Gasteiger partial charge on any atom is -0.375 e. The van der Waals surface area contributed by atoms with Crippen LogP contribution in [0.1, 0.15) is 12.8 Å². The molecule has 1 aromatic heterocycles. The van der Waals surface area contributed by atoms with Crippen LogP contribution in [0, 0.1) is 5.92 Å².